The van der Waals surface area contributed by atoms with Gasteiger partial charge < -0.3 is 30.0 Å². The van der Waals surface area contributed by atoms with E-state index >= 15 is 0 Å². The average molecular weight is 658 g/mol. The molecule has 13 atom stereocenters. The lowest BCUT2D eigenvalue weighted by molar-refractivity contribution is -0.184. The van der Waals surface area contributed by atoms with Crippen LogP contribution in [-0.2, 0) is 14.2 Å². The van der Waals surface area contributed by atoms with Gasteiger partial charge in [-0.3, -0.25) is 4.90 Å². The highest BCUT2D eigenvalue weighted by atomic mass is 16.6. The highest BCUT2D eigenvalue weighted by molar-refractivity contribution is 5.68. The maximum atomic E-state index is 13.0. The van der Waals surface area contributed by atoms with E-state index < -0.39 is 12.2 Å². The van der Waals surface area contributed by atoms with Gasteiger partial charge in [0, 0.05) is 31.0 Å². The summed E-state index contributed by atoms with van der Waals surface area (Å²) in [4.78, 5) is 27.6. The van der Waals surface area contributed by atoms with Crippen molar-refractivity contribution in [2.75, 3.05) is 26.7 Å². The molecule has 5 saturated carbocycles. The molecule has 7 rings (SSSR count). The van der Waals surface area contributed by atoms with Crippen LogP contribution < -0.4 is 10.6 Å². The fraction of sp³-hybridized carbons (Fsp3) is 0.947. The highest BCUT2D eigenvalue weighted by Crippen LogP contribution is 2.89. The predicted octanol–water partition coefficient (Wildman–Crippen LogP) is 5.98. The maximum absolute atomic E-state index is 13.0. The van der Waals surface area contributed by atoms with E-state index in [0.717, 1.165) is 58.2 Å². The van der Waals surface area contributed by atoms with Gasteiger partial charge in [-0.15, -0.1) is 0 Å². The van der Waals surface area contributed by atoms with Gasteiger partial charge >= 0.3 is 12.2 Å². The third-order valence-electron chi connectivity index (χ3n) is 16.2. The number of carbonyl (C=O) groups is 2. The number of nitrogens with zero attached hydrogens (tertiary/aromatic N) is 1. The molecule has 2 heterocycles. The monoisotopic (exact) mass is 657 g/mol. The van der Waals surface area contributed by atoms with Crippen molar-refractivity contribution in [3.05, 3.63) is 0 Å². The third kappa shape index (κ3) is 4.56. The second kappa shape index (κ2) is 11.2. The number of hydrogen-bond acceptors (Lipinski definition) is 7. The zero-order valence-electron chi connectivity index (χ0n) is 30.6. The van der Waals surface area contributed by atoms with Gasteiger partial charge in [-0.2, -0.15) is 0 Å². The number of carbonyl (C=O) groups excluding carboxylic acids is 2. The van der Waals surface area contributed by atoms with E-state index in [1.165, 1.54) is 12.8 Å². The predicted molar refractivity (Wildman–Crippen MR) is 180 cm³/mol. The van der Waals surface area contributed by atoms with Crippen molar-refractivity contribution in [1.29, 1.82) is 0 Å². The summed E-state index contributed by atoms with van der Waals surface area (Å²) in [5.74, 6) is 1.70. The molecule has 0 aromatic carbocycles. The van der Waals surface area contributed by atoms with Crippen LogP contribution in [0.25, 0.3) is 0 Å². The number of fused-ring (bicyclic) bond motifs is 4. The largest absolute Gasteiger partial charge is 0.446 e. The molecule has 0 bridgehead atoms. The third-order valence-corrected chi connectivity index (χ3v) is 16.2. The van der Waals surface area contributed by atoms with Crippen LogP contribution in [0.1, 0.15) is 107 Å². The van der Waals surface area contributed by atoms with Gasteiger partial charge in [-0.25, -0.2) is 9.59 Å². The normalized spacial score (nSPS) is 48.8. The van der Waals surface area contributed by atoms with Gasteiger partial charge in [0.2, 0.25) is 0 Å². The summed E-state index contributed by atoms with van der Waals surface area (Å²) in [7, 11) is 1.59. The molecule has 2 aliphatic heterocycles. The Morgan fingerprint density at radius 1 is 1.00 bits per heavy atom. The summed E-state index contributed by atoms with van der Waals surface area (Å²) in [5, 5.41) is 18.3. The number of aliphatic hydroxyl groups is 1. The van der Waals surface area contributed by atoms with Crippen molar-refractivity contribution in [3.8, 4) is 0 Å². The van der Waals surface area contributed by atoms with E-state index in [9.17, 15) is 14.7 Å². The van der Waals surface area contributed by atoms with Crippen LogP contribution >= 0.6 is 0 Å². The summed E-state index contributed by atoms with van der Waals surface area (Å²) in [5.41, 5.74) is 0.141. The Balaban J connectivity index is 1.10. The number of hydrogen-bond donors (Lipinski definition) is 3. The SMILES string of the molecule is CCN1CC(NC(=O)O[C@H]2CC[C@]34C[C@]35CC[C@]3(C)[C@@H]6[C@H](O[C@@H]([C@H](OC(=O)NC)C(C)C)C[C@H]6C)[C@H](O)[C@@]3(C)[C@@H]5CC[C@H]4C2(C)C)C1. The lowest BCUT2D eigenvalue weighted by atomic mass is 9.41. The van der Waals surface area contributed by atoms with Gasteiger partial charge in [0.25, 0.3) is 0 Å². The molecule has 2 amide bonds. The fourth-order valence-electron chi connectivity index (χ4n) is 13.8. The molecule has 2 spiro atoms. The van der Waals surface area contributed by atoms with E-state index in [1.807, 2.05) is 0 Å². The minimum atomic E-state index is -0.557. The van der Waals surface area contributed by atoms with Crippen LogP contribution in [0.5, 0.6) is 0 Å². The van der Waals surface area contributed by atoms with Crippen molar-refractivity contribution >= 4 is 12.2 Å². The molecule has 9 nitrogen and oxygen atoms in total. The topological polar surface area (TPSA) is 109 Å². The van der Waals surface area contributed by atoms with E-state index in [4.69, 9.17) is 14.2 Å². The number of likely N-dealkylation sites (N-methyl/N-ethyl adjacent to an activating group) is 1. The number of rotatable bonds is 6. The Kier molecular flexibility index (Phi) is 8.09. The number of aliphatic hydroxyl groups excluding tert-OH is 1. The van der Waals surface area contributed by atoms with Gasteiger partial charge in [0.1, 0.15) is 12.2 Å². The van der Waals surface area contributed by atoms with Crippen molar-refractivity contribution in [2.24, 2.45) is 56.7 Å². The molecule has 9 heteroatoms. The molecular formula is C38H63N3O6. The van der Waals surface area contributed by atoms with Gasteiger partial charge in [0.05, 0.1) is 24.4 Å². The zero-order chi connectivity index (χ0) is 33.9. The Morgan fingerprint density at radius 3 is 2.34 bits per heavy atom. The van der Waals surface area contributed by atoms with E-state index in [0.29, 0.717) is 17.8 Å². The molecule has 2 saturated heterocycles. The molecule has 0 unspecified atom stereocenters. The van der Waals surface area contributed by atoms with E-state index in [2.05, 4.69) is 70.9 Å². The van der Waals surface area contributed by atoms with Crippen molar-refractivity contribution in [3.63, 3.8) is 0 Å². The first-order valence-corrected chi connectivity index (χ1v) is 19.0. The Morgan fingerprint density at radius 2 is 1.68 bits per heavy atom. The standard InChI is InChI=1S/C38H63N3O6/c1-10-41-18-23(19-41)40-33(44)46-27-13-14-37-20-38(37)16-15-35(7)28-22(4)17-24(29(21(2)3)47-32(43)39-9)45-30(28)31(42)36(35,8)26(38)12-11-25(37)34(27,5)6/h21-31,42H,10-20H2,1-9H3,(H,39,43)(H,40,44)/t22-,24-,25+,26+,27+,28+,29-,30+,31+,35-,36-,37-,38+/m1/s1. The average Bonchev–Trinajstić information content (AvgIpc) is 3.63. The number of ether oxygens (including phenoxy) is 3. The maximum Gasteiger partial charge on any atom is 0.407 e. The lowest BCUT2D eigenvalue weighted by Crippen LogP contribution is -2.61. The van der Waals surface area contributed by atoms with Crippen LogP contribution in [0.3, 0.4) is 0 Å². The van der Waals surface area contributed by atoms with Crippen molar-refractivity contribution in [1.82, 2.24) is 15.5 Å². The highest BCUT2D eigenvalue weighted by Gasteiger charge is 2.84. The fourth-order valence-corrected chi connectivity index (χ4v) is 13.8. The summed E-state index contributed by atoms with van der Waals surface area (Å²) in [6.07, 6.45) is 6.54. The first kappa shape index (κ1) is 33.9. The van der Waals surface area contributed by atoms with Gasteiger partial charge in [-0.05, 0) is 104 Å². The number of amides is 2. The molecule has 3 N–H and O–H groups in total. The van der Waals surface area contributed by atoms with E-state index in [-0.39, 0.29) is 75.5 Å². The first-order chi connectivity index (χ1) is 22.1. The van der Waals surface area contributed by atoms with Crippen LogP contribution in [0, 0.1) is 56.7 Å². The van der Waals surface area contributed by atoms with Crippen LogP contribution in [0.4, 0.5) is 9.59 Å². The van der Waals surface area contributed by atoms with Gasteiger partial charge in [0.15, 0.2) is 0 Å². The van der Waals surface area contributed by atoms with E-state index in [1.54, 1.807) is 7.05 Å². The number of likely N-dealkylation sites (tertiary alicyclic amines) is 1. The Bertz CT molecular complexity index is 1250. The molecule has 47 heavy (non-hydrogen) atoms. The number of alkyl carbamates (subject to hydrolysis) is 2. The van der Waals surface area contributed by atoms with Crippen molar-refractivity contribution < 1.29 is 28.9 Å². The minimum Gasteiger partial charge on any atom is -0.446 e. The van der Waals surface area contributed by atoms with Crippen molar-refractivity contribution in [2.45, 2.75) is 143 Å². The molecule has 7 aliphatic rings. The molecule has 7 fully saturated rings. The van der Waals surface area contributed by atoms with Crippen LogP contribution in [-0.4, -0.2) is 85.4 Å². The Hall–Kier alpha value is -1.58. The molecular weight excluding hydrogens is 594 g/mol. The first-order valence-electron chi connectivity index (χ1n) is 19.0. The molecule has 5 aliphatic carbocycles. The summed E-state index contributed by atoms with van der Waals surface area (Å²) < 4.78 is 19.0. The summed E-state index contributed by atoms with van der Waals surface area (Å²) in [6, 6.07) is 0.197. The minimum absolute atomic E-state index is 0.0220. The smallest absolute Gasteiger partial charge is 0.407 e. The van der Waals surface area contributed by atoms with Crippen LogP contribution in [0.2, 0.25) is 0 Å². The molecule has 0 radical (unpaired) electrons. The second-order valence-corrected chi connectivity index (χ2v) is 18.5. The van der Waals surface area contributed by atoms with Crippen LogP contribution in [0.15, 0.2) is 0 Å². The Labute approximate surface area is 283 Å². The zero-order valence-corrected chi connectivity index (χ0v) is 30.6. The quantitative estimate of drug-likeness (QED) is 0.323. The molecule has 266 valence electrons. The lowest BCUT2D eigenvalue weighted by Gasteiger charge is -2.63. The van der Waals surface area contributed by atoms with Gasteiger partial charge in [-0.1, -0.05) is 55.4 Å². The summed E-state index contributed by atoms with van der Waals surface area (Å²) >= 11 is 0. The second-order valence-electron chi connectivity index (χ2n) is 18.5. The summed E-state index contributed by atoms with van der Waals surface area (Å²) in [6.45, 7) is 21.1. The molecule has 0 aromatic heterocycles. The molecule has 0 aromatic rings. The number of nitrogens with one attached hydrogen (secondary N) is 2.